The van der Waals surface area contributed by atoms with E-state index in [0.717, 1.165) is 55.8 Å². The van der Waals surface area contributed by atoms with Crippen LogP contribution in [0.25, 0.3) is 0 Å². The zero-order valence-corrected chi connectivity index (χ0v) is 13.3. The molecule has 0 aliphatic carbocycles. The van der Waals surface area contributed by atoms with E-state index in [1.165, 1.54) is 0 Å². The van der Waals surface area contributed by atoms with Gasteiger partial charge in [-0.25, -0.2) is 4.98 Å². The van der Waals surface area contributed by atoms with Gasteiger partial charge in [0.15, 0.2) is 0 Å². The number of nitrogens with zero attached hydrogens (tertiary/aromatic N) is 3. The van der Waals surface area contributed by atoms with Gasteiger partial charge < -0.3 is 10.2 Å². The lowest BCUT2D eigenvalue weighted by Gasteiger charge is -2.36. The molecule has 1 aliphatic heterocycles. The minimum atomic E-state index is 0.841. The Balaban J connectivity index is 1.43. The Hall–Kier alpha value is -1.78. The summed E-state index contributed by atoms with van der Waals surface area (Å²) in [6.45, 7) is 6.13. The van der Waals surface area contributed by atoms with Crippen LogP contribution in [0.3, 0.4) is 0 Å². The van der Waals surface area contributed by atoms with E-state index < -0.39 is 0 Å². The molecule has 2 heterocycles. The van der Waals surface area contributed by atoms with Crippen molar-refractivity contribution in [2.24, 2.45) is 0 Å². The van der Waals surface area contributed by atoms with Crippen LogP contribution in [0, 0.1) is 0 Å². The molecule has 1 aromatic heterocycles. The van der Waals surface area contributed by atoms with Crippen LogP contribution in [0.4, 0.5) is 11.5 Å². The van der Waals surface area contributed by atoms with E-state index >= 15 is 0 Å². The number of hydrogen-bond acceptors (Lipinski definition) is 4. The first-order chi connectivity index (χ1) is 10.8. The average Bonchev–Trinajstić information content (AvgIpc) is 2.57. The molecule has 2 aromatic rings. The van der Waals surface area contributed by atoms with E-state index in [0.29, 0.717) is 0 Å². The molecular weight excluding hydrogens is 296 g/mol. The third kappa shape index (κ3) is 3.90. The topological polar surface area (TPSA) is 31.4 Å². The summed E-state index contributed by atoms with van der Waals surface area (Å²) >= 11 is 6.27. The Kier molecular flexibility index (Phi) is 5.14. The molecular formula is C17H21ClN4. The molecule has 0 atom stereocenters. The minimum Gasteiger partial charge on any atom is -0.369 e. The normalized spacial score (nSPS) is 15.8. The molecule has 0 amide bonds. The first-order valence-electron chi connectivity index (χ1n) is 7.70. The molecule has 116 valence electrons. The van der Waals surface area contributed by atoms with Gasteiger partial charge in [-0.15, -0.1) is 0 Å². The highest BCUT2D eigenvalue weighted by Crippen LogP contribution is 2.25. The zero-order valence-electron chi connectivity index (χ0n) is 12.6. The second-order valence-electron chi connectivity index (χ2n) is 5.42. The SMILES string of the molecule is Clc1ccccc1N1CCN(CCNc2ccccn2)CC1. The second-order valence-corrected chi connectivity index (χ2v) is 5.83. The predicted molar refractivity (Wildman–Crippen MR) is 92.8 cm³/mol. The van der Waals surface area contributed by atoms with Crippen LogP contribution >= 0.6 is 11.6 Å². The molecule has 0 radical (unpaired) electrons. The van der Waals surface area contributed by atoms with Gasteiger partial charge in [0, 0.05) is 45.5 Å². The molecule has 4 nitrogen and oxygen atoms in total. The number of para-hydroxylation sites is 1. The van der Waals surface area contributed by atoms with Gasteiger partial charge in [-0.1, -0.05) is 29.8 Å². The highest BCUT2D eigenvalue weighted by atomic mass is 35.5. The van der Waals surface area contributed by atoms with Crippen molar-refractivity contribution in [2.45, 2.75) is 0 Å². The summed E-state index contributed by atoms with van der Waals surface area (Å²) in [6, 6.07) is 14.0. The Bertz CT molecular complexity index is 582. The molecule has 0 saturated carbocycles. The molecule has 0 unspecified atom stereocenters. The number of anilines is 2. The summed E-state index contributed by atoms with van der Waals surface area (Å²) in [5.41, 5.74) is 1.15. The Morgan fingerprint density at radius 2 is 1.77 bits per heavy atom. The number of halogens is 1. The number of piperazine rings is 1. The maximum Gasteiger partial charge on any atom is 0.125 e. The van der Waals surface area contributed by atoms with Gasteiger partial charge in [-0.3, -0.25) is 4.90 Å². The van der Waals surface area contributed by atoms with Crippen LogP contribution in [0.5, 0.6) is 0 Å². The second kappa shape index (κ2) is 7.47. The van der Waals surface area contributed by atoms with Crippen molar-refractivity contribution in [3.63, 3.8) is 0 Å². The van der Waals surface area contributed by atoms with Crippen molar-refractivity contribution in [3.8, 4) is 0 Å². The summed E-state index contributed by atoms with van der Waals surface area (Å²) < 4.78 is 0. The Labute approximate surface area is 136 Å². The standard InChI is InChI=1S/C17H21ClN4/c18-15-5-1-2-6-16(15)22-13-11-21(12-14-22)10-9-20-17-7-3-4-8-19-17/h1-8H,9-14H2,(H,19,20). The molecule has 0 spiro atoms. The number of benzene rings is 1. The first kappa shape index (κ1) is 15.1. The van der Waals surface area contributed by atoms with Gasteiger partial charge in [0.2, 0.25) is 0 Å². The van der Waals surface area contributed by atoms with E-state index in [-0.39, 0.29) is 0 Å². The fourth-order valence-electron chi connectivity index (χ4n) is 2.73. The van der Waals surface area contributed by atoms with Crippen LogP contribution in [0.1, 0.15) is 0 Å². The zero-order chi connectivity index (χ0) is 15.2. The van der Waals surface area contributed by atoms with E-state index in [2.05, 4.69) is 26.2 Å². The highest BCUT2D eigenvalue weighted by molar-refractivity contribution is 6.33. The van der Waals surface area contributed by atoms with Crippen molar-refractivity contribution in [1.82, 2.24) is 9.88 Å². The van der Waals surface area contributed by atoms with Crippen molar-refractivity contribution in [1.29, 1.82) is 0 Å². The van der Waals surface area contributed by atoms with Gasteiger partial charge in [0.05, 0.1) is 10.7 Å². The summed E-state index contributed by atoms with van der Waals surface area (Å²) in [4.78, 5) is 9.11. The fourth-order valence-corrected chi connectivity index (χ4v) is 2.99. The number of nitrogens with one attached hydrogen (secondary N) is 1. The van der Waals surface area contributed by atoms with Crippen LogP contribution in [-0.4, -0.2) is 49.2 Å². The molecule has 5 heteroatoms. The third-order valence-corrected chi connectivity index (χ3v) is 4.28. The van der Waals surface area contributed by atoms with E-state index in [9.17, 15) is 0 Å². The van der Waals surface area contributed by atoms with E-state index in [1.54, 1.807) is 0 Å². The van der Waals surface area contributed by atoms with Crippen molar-refractivity contribution in [3.05, 3.63) is 53.7 Å². The molecule has 1 N–H and O–H groups in total. The Morgan fingerprint density at radius 1 is 1.00 bits per heavy atom. The molecule has 1 saturated heterocycles. The van der Waals surface area contributed by atoms with Crippen molar-refractivity contribution < 1.29 is 0 Å². The smallest absolute Gasteiger partial charge is 0.125 e. The lowest BCUT2D eigenvalue weighted by Crippen LogP contribution is -2.47. The molecule has 3 rings (SSSR count). The summed E-state index contributed by atoms with van der Waals surface area (Å²) in [7, 11) is 0. The number of rotatable bonds is 5. The number of hydrogen-bond donors (Lipinski definition) is 1. The molecule has 22 heavy (non-hydrogen) atoms. The van der Waals surface area contributed by atoms with Gasteiger partial charge in [-0.2, -0.15) is 0 Å². The first-order valence-corrected chi connectivity index (χ1v) is 8.07. The molecule has 1 aliphatic rings. The minimum absolute atomic E-state index is 0.841. The maximum absolute atomic E-state index is 6.27. The lowest BCUT2D eigenvalue weighted by atomic mass is 10.2. The average molecular weight is 317 g/mol. The highest BCUT2D eigenvalue weighted by Gasteiger charge is 2.18. The summed E-state index contributed by atoms with van der Waals surface area (Å²) in [5, 5.41) is 4.20. The quantitative estimate of drug-likeness (QED) is 0.919. The van der Waals surface area contributed by atoms with Crippen LogP contribution < -0.4 is 10.2 Å². The van der Waals surface area contributed by atoms with Crippen molar-refractivity contribution >= 4 is 23.1 Å². The van der Waals surface area contributed by atoms with Crippen molar-refractivity contribution in [2.75, 3.05) is 49.5 Å². The summed E-state index contributed by atoms with van der Waals surface area (Å²) in [6.07, 6.45) is 1.81. The predicted octanol–water partition coefficient (Wildman–Crippen LogP) is 2.97. The van der Waals surface area contributed by atoms with Gasteiger partial charge in [0.1, 0.15) is 5.82 Å². The van der Waals surface area contributed by atoms with Gasteiger partial charge in [-0.05, 0) is 24.3 Å². The largest absolute Gasteiger partial charge is 0.369 e. The third-order valence-electron chi connectivity index (χ3n) is 3.96. The van der Waals surface area contributed by atoms with E-state index in [4.69, 9.17) is 11.6 Å². The summed E-state index contributed by atoms with van der Waals surface area (Å²) in [5.74, 6) is 0.942. The lowest BCUT2D eigenvalue weighted by molar-refractivity contribution is 0.267. The fraction of sp³-hybridized carbons (Fsp3) is 0.353. The van der Waals surface area contributed by atoms with Crippen LogP contribution in [0.2, 0.25) is 5.02 Å². The van der Waals surface area contributed by atoms with Gasteiger partial charge >= 0.3 is 0 Å². The monoisotopic (exact) mass is 316 g/mol. The number of aromatic nitrogens is 1. The molecule has 0 bridgehead atoms. The number of pyridine rings is 1. The van der Waals surface area contributed by atoms with Crippen LogP contribution in [0.15, 0.2) is 48.7 Å². The van der Waals surface area contributed by atoms with Gasteiger partial charge in [0.25, 0.3) is 0 Å². The molecule has 1 aromatic carbocycles. The molecule has 1 fully saturated rings. The van der Waals surface area contributed by atoms with E-state index in [1.807, 2.05) is 42.6 Å². The Morgan fingerprint density at radius 3 is 2.50 bits per heavy atom. The van der Waals surface area contributed by atoms with Crippen LogP contribution in [-0.2, 0) is 0 Å². The maximum atomic E-state index is 6.27.